The zero-order valence-electron chi connectivity index (χ0n) is 14.4. The second-order valence-electron chi connectivity index (χ2n) is 5.91. The largest absolute Gasteiger partial charge is 0.306 e. The maximum atomic E-state index is 5.39. The van der Waals surface area contributed by atoms with Gasteiger partial charge in [-0.25, -0.2) is 9.97 Å². The summed E-state index contributed by atoms with van der Waals surface area (Å²) in [6.45, 7) is 4.90. The van der Waals surface area contributed by atoms with Gasteiger partial charge in [0.25, 0.3) is 0 Å². The summed E-state index contributed by atoms with van der Waals surface area (Å²) in [6, 6.07) is 12.0. The Morgan fingerprint density at radius 2 is 1.84 bits per heavy atom. The molecule has 4 heteroatoms. The van der Waals surface area contributed by atoms with Crippen molar-refractivity contribution in [1.82, 2.24) is 20.3 Å². The van der Waals surface area contributed by atoms with E-state index in [1.165, 1.54) is 5.56 Å². The van der Waals surface area contributed by atoms with Crippen LogP contribution in [0.2, 0.25) is 0 Å². The Kier molecular flexibility index (Phi) is 5.17. The van der Waals surface area contributed by atoms with E-state index in [1.807, 2.05) is 49.5 Å². The van der Waals surface area contributed by atoms with E-state index in [0.717, 1.165) is 34.8 Å². The van der Waals surface area contributed by atoms with E-state index < -0.39 is 0 Å². The van der Waals surface area contributed by atoms with Crippen molar-refractivity contribution in [3.63, 3.8) is 0 Å². The van der Waals surface area contributed by atoms with Crippen LogP contribution < -0.4 is 5.32 Å². The molecule has 0 amide bonds. The van der Waals surface area contributed by atoms with Gasteiger partial charge >= 0.3 is 0 Å². The quantitative estimate of drug-likeness (QED) is 0.726. The predicted molar refractivity (Wildman–Crippen MR) is 99.6 cm³/mol. The third-order valence-corrected chi connectivity index (χ3v) is 4.16. The third kappa shape index (κ3) is 4.09. The number of aromatic nitrogens is 3. The van der Waals surface area contributed by atoms with Crippen LogP contribution in [0.5, 0.6) is 0 Å². The van der Waals surface area contributed by atoms with Crippen LogP contribution in [0.25, 0.3) is 11.4 Å². The number of hydrogen-bond acceptors (Lipinski definition) is 4. The first-order valence-corrected chi connectivity index (χ1v) is 8.20. The van der Waals surface area contributed by atoms with Crippen molar-refractivity contribution in [1.29, 1.82) is 0 Å². The van der Waals surface area contributed by atoms with Crippen LogP contribution in [0.1, 0.15) is 35.3 Å². The summed E-state index contributed by atoms with van der Waals surface area (Å²) in [6.07, 6.45) is 10.8. The number of rotatable bonds is 5. The molecule has 124 valence electrons. The van der Waals surface area contributed by atoms with Gasteiger partial charge in [0.2, 0.25) is 0 Å². The van der Waals surface area contributed by atoms with Gasteiger partial charge < -0.3 is 5.32 Å². The standard InChI is InChI=1S/C21H20N4/c1-4-17-5-7-18(8-6-17)13-23-15(2)20-14-24-21(25-16(20)3)19-9-11-22-12-10-19/h1,5-12,14-15,23H,13H2,2-3H3/t15-/m0/s1. The molecule has 3 aromatic rings. The van der Waals surface area contributed by atoms with Gasteiger partial charge in [-0.1, -0.05) is 18.1 Å². The molecular weight excluding hydrogens is 308 g/mol. The minimum absolute atomic E-state index is 0.152. The van der Waals surface area contributed by atoms with E-state index in [4.69, 9.17) is 6.42 Å². The summed E-state index contributed by atoms with van der Waals surface area (Å²) in [7, 11) is 0. The molecule has 0 unspecified atom stereocenters. The Balaban J connectivity index is 1.69. The van der Waals surface area contributed by atoms with Crippen molar-refractivity contribution in [2.45, 2.75) is 26.4 Å². The summed E-state index contributed by atoms with van der Waals surface area (Å²) in [5.41, 5.74) is 5.13. The van der Waals surface area contributed by atoms with Crippen molar-refractivity contribution in [2.24, 2.45) is 0 Å². The van der Waals surface area contributed by atoms with Crippen LogP contribution in [0.4, 0.5) is 0 Å². The number of hydrogen-bond donors (Lipinski definition) is 1. The lowest BCUT2D eigenvalue weighted by atomic mass is 10.1. The Labute approximate surface area is 148 Å². The molecule has 1 atom stereocenters. The number of nitrogens with zero attached hydrogens (tertiary/aromatic N) is 3. The molecule has 0 spiro atoms. The van der Waals surface area contributed by atoms with Gasteiger partial charge in [-0.05, 0) is 43.7 Å². The maximum absolute atomic E-state index is 5.39. The molecule has 0 saturated carbocycles. The highest BCUT2D eigenvalue weighted by Gasteiger charge is 2.11. The summed E-state index contributed by atoms with van der Waals surface area (Å²) in [4.78, 5) is 13.2. The van der Waals surface area contributed by atoms with E-state index in [0.29, 0.717) is 0 Å². The Bertz CT molecular complexity index is 880. The van der Waals surface area contributed by atoms with Crippen molar-refractivity contribution in [3.8, 4) is 23.7 Å². The average molecular weight is 328 g/mol. The Hall–Kier alpha value is -3.03. The predicted octanol–water partition coefficient (Wildman–Crippen LogP) is 3.68. The molecule has 0 aliphatic rings. The fourth-order valence-corrected chi connectivity index (χ4v) is 2.64. The number of nitrogens with one attached hydrogen (secondary N) is 1. The molecule has 0 fully saturated rings. The van der Waals surface area contributed by atoms with E-state index >= 15 is 0 Å². The van der Waals surface area contributed by atoms with Crippen LogP contribution in [-0.2, 0) is 6.54 Å². The monoisotopic (exact) mass is 328 g/mol. The molecule has 2 heterocycles. The highest BCUT2D eigenvalue weighted by Crippen LogP contribution is 2.19. The molecular formula is C21H20N4. The van der Waals surface area contributed by atoms with Gasteiger partial charge in [-0.3, -0.25) is 4.98 Å². The lowest BCUT2D eigenvalue weighted by Gasteiger charge is -2.16. The van der Waals surface area contributed by atoms with E-state index in [-0.39, 0.29) is 6.04 Å². The van der Waals surface area contributed by atoms with Crippen LogP contribution in [-0.4, -0.2) is 15.0 Å². The van der Waals surface area contributed by atoms with E-state index in [9.17, 15) is 0 Å². The minimum atomic E-state index is 0.152. The molecule has 0 bridgehead atoms. The summed E-state index contributed by atoms with van der Waals surface area (Å²) in [5, 5.41) is 3.51. The van der Waals surface area contributed by atoms with Crippen molar-refractivity contribution in [3.05, 3.63) is 77.4 Å². The fraction of sp³-hybridized carbons (Fsp3) is 0.190. The first-order valence-electron chi connectivity index (χ1n) is 8.20. The van der Waals surface area contributed by atoms with Crippen LogP contribution in [0.3, 0.4) is 0 Å². The lowest BCUT2D eigenvalue weighted by molar-refractivity contribution is 0.568. The number of aryl methyl sites for hydroxylation is 1. The molecule has 0 aliphatic heterocycles. The van der Waals surface area contributed by atoms with E-state index in [2.05, 4.69) is 33.1 Å². The van der Waals surface area contributed by atoms with E-state index in [1.54, 1.807) is 12.4 Å². The highest BCUT2D eigenvalue weighted by atomic mass is 14.9. The smallest absolute Gasteiger partial charge is 0.159 e. The Morgan fingerprint density at radius 1 is 1.12 bits per heavy atom. The SMILES string of the molecule is C#Cc1ccc(CN[C@@H](C)c2cnc(-c3ccncc3)nc2C)cc1. The van der Waals surface area contributed by atoms with Gasteiger partial charge in [0, 0.05) is 53.6 Å². The van der Waals surface area contributed by atoms with Crippen LogP contribution >= 0.6 is 0 Å². The number of benzene rings is 1. The third-order valence-electron chi connectivity index (χ3n) is 4.16. The lowest BCUT2D eigenvalue weighted by Crippen LogP contribution is -2.19. The zero-order valence-corrected chi connectivity index (χ0v) is 14.4. The average Bonchev–Trinajstić information content (AvgIpc) is 2.67. The van der Waals surface area contributed by atoms with Crippen LogP contribution in [0.15, 0.2) is 55.0 Å². The second-order valence-corrected chi connectivity index (χ2v) is 5.91. The fourth-order valence-electron chi connectivity index (χ4n) is 2.64. The topological polar surface area (TPSA) is 50.7 Å². The highest BCUT2D eigenvalue weighted by molar-refractivity contribution is 5.53. The molecule has 1 N–H and O–H groups in total. The molecule has 0 saturated heterocycles. The first-order chi connectivity index (χ1) is 12.2. The molecule has 25 heavy (non-hydrogen) atoms. The molecule has 3 rings (SSSR count). The number of terminal acetylenes is 1. The summed E-state index contributed by atoms with van der Waals surface area (Å²) >= 11 is 0. The maximum Gasteiger partial charge on any atom is 0.159 e. The number of pyridine rings is 1. The van der Waals surface area contributed by atoms with Gasteiger partial charge in [0.15, 0.2) is 5.82 Å². The van der Waals surface area contributed by atoms with Gasteiger partial charge in [0.1, 0.15) is 0 Å². The second kappa shape index (κ2) is 7.69. The molecule has 0 radical (unpaired) electrons. The van der Waals surface area contributed by atoms with Gasteiger partial charge in [0.05, 0.1) is 0 Å². The van der Waals surface area contributed by atoms with Gasteiger partial charge in [-0.15, -0.1) is 6.42 Å². The van der Waals surface area contributed by atoms with Crippen molar-refractivity contribution in [2.75, 3.05) is 0 Å². The van der Waals surface area contributed by atoms with Crippen molar-refractivity contribution < 1.29 is 0 Å². The zero-order chi connectivity index (χ0) is 17.6. The Morgan fingerprint density at radius 3 is 2.48 bits per heavy atom. The molecule has 4 nitrogen and oxygen atoms in total. The summed E-state index contributed by atoms with van der Waals surface area (Å²) in [5.74, 6) is 3.35. The van der Waals surface area contributed by atoms with Crippen molar-refractivity contribution >= 4 is 0 Å². The minimum Gasteiger partial charge on any atom is -0.306 e. The summed E-state index contributed by atoms with van der Waals surface area (Å²) < 4.78 is 0. The first kappa shape index (κ1) is 16.8. The molecule has 2 aromatic heterocycles. The molecule has 0 aliphatic carbocycles. The molecule has 1 aromatic carbocycles. The normalized spacial score (nSPS) is 11.7. The van der Waals surface area contributed by atoms with Gasteiger partial charge in [-0.2, -0.15) is 0 Å². The van der Waals surface area contributed by atoms with Crippen LogP contribution in [0, 0.1) is 19.3 Å².